The smallest absolute Gasteiger partial charge is 0.320 e. The fourth-order valence-corrected chi connectivity index (χ4v) is 3.39. The molecule has 0 rings (SSSR count). The molecule has 0 aliphatic heterocycles. The van der Waals surface area contributed by atoms with Gasteiger partial charge in [-0.3, -0.25) is 4.79 Å². The van der Waals surface area contributed by atoms with Crippen molar-refractivity contribution >= 4 is 14.0 Å². The van der Waals surface area contributed by atoms with E-state index >= 15 is 0 Å². The summed E-state index contributed by atoms with van der Waals surface area (Å²) in [7, 11) is -1.37. The van der Waals surface area contributed by atoms with Gasteiger partial charge in [-0.2, -0.15) is 0 Å². The van der Waals surface area contributed by atoms with E-state index in [-0.39, 0.29) is 6.04 Å². The fraction of sp³-hybridized carbons (Fsp3) is 0.917. The second-order valence-corrected chi connectivity index (χ2v) is 12.0. The molecule has 0 radical (unpaired) electrons. The molecule has 0 aromatic rings. The first-order chi connectivity index (χ1) is 7.61. The Hall–Kier alpha value is -0.393. The predicted octanol–water partition coefficient (Wildman–Crippen LogP) is 1.74. The van der Waals surface area contributed by atoms with Gasteiger partial charge in [0, 0.05) is 20.7 Å². The van der Waals surface area contributed by atoms with Crippen LogP contribution in [0.15, 0.2) is 0 Å². The molecule has 0 saturated heterocycles. The average Bonchev–Trinajstić information content (AvgIpc) is 2.08. The average molecular weight is 260 g/mol. The largest absolute Gasteiger partial charge is 0.480 e. The minimum atomic E-state index is -1.37. The molecule has 0 spiro atoms. The topological polar surface area (TPSA) is 75.3 Å². The van der Waals surface area contributed by atoms with E-state index in [0.717, 1.165) is 12.5 Å². The van der Waals surface area contributed by atoms with Crippen molar-refractivity contribution in [2.45, 2.75) is 58.0 Å². The second-order valence-electron chi connectivity index (χ2n) is 6.45. The summed E-state index contributed by atoms with van der Waals surface area (Å²) >= 11 is 0. The zero-order valence-electron chi connectivity index (χ0n) is 11.8. The third-order valence-electron chi connectivity index (χ3n) is 2.52. The Balaban J connectivity index is 4.14. The van der Waals surface area contributed by atoms with E-state index in [1.54, 1.807) is 0 Å². The Morgan fingerprint density at radius 3 is 2.24 bits per heavy atom. The number of carboxylic acids is 1. The monoisotopic (exact) mass is 260 g/mol. The number of hydrogen-bond donors (Lipinski definition) is 3. The van der Waals surface area contributed by atoms with Crippen LogP contribution in [-0.4, -0.2) is 37.8 Å². The molecule has 0 fully saturated rings. The molecule has 4 N–H and O–H groups in total. The molecule has 102 valence electrons. The van der Waals surface area contributed by atoms with Gasteiger partial charge in [-0.05, 0) is 18.4 Å². The Labute approximate surface area is 106 Å². The lowest BCUT2D eigenvalue weighted by atomic mass is 10.0. The van der Waals surface area contributed by atoms with Crippen LogP contribution in [0.5, 0.6) is 0 Å². The highest BCUT2D eigenvalue weighted by atomic mass is 28.3. The van der Waals surface area contributed by atoms with Gasteiger partial charge in [-0.15, -0.1) is 0 Å². The van der Waals surface area contributed by atoms with Gasteiger partial charge in [0.2, 0.25) is 0 Å². The molecule has 0 heterocycles. The van der Waals surface area contributed by atoms with Crippen molar-refractivity contribution in [1.29, 1.82) is 0 Å². The highest BCUT2D eigenvalue weighted by molar-refractivity contribution is 6.76. The highest BCUT2D eigenvalue weighted by Gasteiger charge is 2.25. The normalized spacial score (nSPS) is 15.9. The summed E-state index contributed by atoms with van der Waals surface area (Å²) in [6, 6.07) is 0.342. The van der Waals surface area contributed by atoms with Crippen molar-refractivity contribution in [2.75, 3.05) is 6.54 Å². The number of carbonyl (C=O) groups is 1. The molecule has 17 heavy (non-hydrogen) atoms. The molecular weight excluding hydrogens is 232 g/mol. The Bertz CT molecular complexity index is 239. The highest BCUT2D eigenvalue weighted by Crippen LogP contribution is 2.12. The lowest BCUT2D eigenvalue weighted by Gasteiger charge is -2.24. The van der Waals surface area contributed by atoms with Gasteiger partial charge in [0.05, 0.1) is 0 Å². The van der Waals surface area contributed by atoms with Crippen LogP contribution in [0.25, 0.3) is 0 Å². The number of nitrogens with one attached hydrogen (secondary N) is 1. The summed E-state index contributed by atoms with van der Waals surface area (Å²) < 4.78 is 0. The van der Waals surface area contributed by atoms with E-state index < -0.39 is 20.1 Å². The van der Waals surface area contributed by atoms with Crippen molar-refractivity contribution in [3.8, 4) is 0 Å². The Morgan fingerprint density at radius 1 is 1.35 bits per heavy atom. The van der Waals surface area contributed by atoms with Crippen LogP contribution in [0, 0.1) is 5.92 Å². The maximum Gasteiger partial charge on any atom is 0.320 e. The van der Waals surface area contributed by atoms with Gasteiger partial charge in [0.15, 0.2) is 0 Å². The number of nitrogens with two attached hydrogens (primary N) is 1. The molecular formula is C12H28N2O2Si. The third-order valence-corrected chi connectivity index (χ3v) is 4.15. The van der Waals surface area contributed by atoms with Crippen LogP contribution in [-0.2, 0) is 4.79 Å². The van der Waals surface area contributed by atoms with E-state index in [1.807, 2.05) is 0 Å². The SMILES string of the molecule is CC(C)C[C@H](N)CN[C@@H](C[Si](C)(C)C)C(=O)O. The van der Waals surface area contributed by atoms with Crippen LogP contribution in [0.2, 0.25) is 25.7 Å². The minimum absolute atomic E-state index is 0.0403. The van der Waals surface area contributed by atoms with Gasteiger partial charge in [0.1, 0.15) is 6.04 Å². The first-order valence-electron chi connectivity index (χ1n) is 6.33. The van der Waals surface area contributed by atoms with Crippen LogP contribution in [0.4, 0.5) is 0 Å². The summed E-state index contributed by atoms with van der Waals surface area (Å²) in [5.41, 5.74) is 5.94. The number of hydrogen-bond acceptors (Lipinski definition) is 3. The third kappa shape index (κ3) is 9.32. The lowest BCUT2D eigenvalue weighted by molar-refractivity contribution is -0.139. The van der Waals surface area contributed by atoms with Gasteiger partial charge >= 0.3 is 5.97 Å². The standard InChI is InChI=1S/C12H28N2O2Si/c1-9(2)6-10(13)7-14-11(12(15)16)8-17(3,4)5/h9-11,14H,6-8,13H2,1-5H3,(H,15,16)/t10-,11-/m0/s1. The van der Waals surface area contributed by atoms with E-state index in [0.29, 0.717) is 12.5 Å². The summed E-state index contributed by atoms with van der Waals surface area (Å²) in [5, 5.41) is 12.2. The number of carboxylic acid groups (broad SMARTS) is 1. The van der Waals surface area contributed by atoms with Gasteiger partial charge < -0.3 is 16.2 Å². The predicted molar refractivity (Wildman–Crippen MR) is 75.0 cm³/mol. The van der Waals surface area contributed by atoms with E-state index in [2.05, 4.69) is 38.8 Å². The summed E-state index contributed by atoms with van der Waals surface area (Å²) in [6.45, 7) is 11.4. The number of rotatable bonds is 8. The van der Waals surface area contributed by atoms with Crippen LogP contribution >= 0.6 is 0 Å². The molecule has 0 aromatic carbocycles. The van der Waals surface area contributed by atoms with E-state index in [9.17, 15) is 4.79 Å². The van der Waals surface area contributed by atoms with Gasteiger partial charge in [-0.25, -0.2) is 0 Å². The van der Waals surface area contributed by atoms with Gasteiger partial charge in [0.25, 0.3) is 0 Å². The molecule has 0 amide bonds. The minimum Gasteiger partial charge on any atom is -0.480 e. The molecule has 5 heteroatoms. The Morgan fingerprint density at radius 2 is 1.88 bits per heavy atom. The van der Waals surface area contributed by atoms with Crippen molar-refractivity contribution in [3.63, 3.8) is 0 Å². The van der Waals surface area contributed by atoms with Gasteiger partial charge in [-0.1, -0.05) is 33.5 Å². The molecule has 0 aliphatic rings. The maximum absolute atomic E-state index is 11.1. The first-order valence-corrected chi connectivity index (χ1v) is 10.0. The maximum atomic E-state index is 11.1. The summed E-state index contributed by atoms with van der Waals surface area (Å²) in [4.78, 5) is 11.1. The summed E-state index contributed by atoms with van der Waals surface area (Å²) in [5.74, 6) is -0.212. The molecule has 0 aliphatic carbocycles. The van der Waals surface area contributed by atoms with E-state index in [1.165, 1.54) is 0 Å². The number of aliphatic carboxylic acids is 1. The van der Waals surface area contributed by atoms with Crippen LogP contribution < -0.4 is 11.1 Å². The summed E-state index contributed by atoms with van der Waals surface area (Å²) in [6.07, 6.45) is 0.923. The molecule has 4 nitrogen and oxygen atoms in total. The second kappa shape index (κ2) is 7.13. The first kappa shape index (κ1) is 16.6. The van der Waals surface area contributed by atoms with Crippen molar-refractivity contribution in [3.05, 3.63) is 0 Å². The van der Waals surface area contributed by atoms with Crippen molar-refractivity contribution in [2.24, 2.45) is 11.7 Å². The zero-order chi connectivity index (χ0) is 13.6. The van der Waals surface area contributed by atoms with Crippen molar-refractivity contribution < 1.29 is 9.90 Å². The van der Waals surface area contributed by atoms with Crippen molar-refractivity contribution in [1.82, 2.24) is 5.32 Å². The zero-order valence-corrected chi connectivity index (χ0v) is 12.8. The molecule has 0 unspecified atom stereocenters. The molecule has 0 saturated carbocycles. The quantitative estimate of drug-likeness (QED) is 0.581. The van der Waals surface area contributed by atoms with E-state index in [4.69, 9.17) is 10.8 Å². The molecule has 0 aromatic heterocycles. The molecule has 0 bridgehead atoms. The lowest BCUT2D eigenvalue weighted by Crippen LogP contribution is -2.47. The Kier molecular flexibility index (Phi) is 6.97. The van der Waals surface area contributed by atoms with Crippen LogP contribution in [0.1, 0.15) is 20.3 Å². The van der Waals surface area contributed by atoms with Crippen LogP contribution in [0.3, 0.4) is 0 Å². The fourth-order valence-electron chi connectivity index (χ4n) is 1.84. The molecule has 2 atom stereocenters.